The van der Waals surface area contributed by atoms with Gasteiger partial charge in [0.15, 0.2) is 5.82 Å². The molecule has 3 aromatic rings. The van der Waals surface area contributed by atoms with Crippen molar-refractivity contribution in [1.82, 2.24) is 30.3 Å². The van der Waals surface area contributed by atoms with Crippen molar-refractivity contribution < 1.29 is 38.5 Å². The lowest BCUT2D eigenvalue weighted by Gasteiger charge is -2.29. The molecule has 3 amide bonds. The molecule has 1 saturated heterocycles. The lowest BCUT2D eigenvalue weighted by molar-refractivity contribution is -0.145. The zero-order valence-corrected chi connectivity index (χ0v) is 28.7. The van der Waals surface area contributed by atoms with E-state index in [1.165, 1.54) is 4.90 Å². The molecular weight excluding hydrogens is 656 g/mol. The van der Waals surface area contributed by atoms with Gasteiger partial charge in [0, 0.05) is 42.3 Å². The van der Waals surface area contributed by atoms with Crippen molar-refractivity contribution in [2.75, 3.05) is 13.7 Å². The zero-order valence-electron chi connectivity index (χ0n) is 28.7. The number of pyridine rings is 1. The predicted molar refractivity (Wildman–Crippen MR) is 184 cm³/mol. The third-order valence-electron chi connectivity index (χ3n) is 10.5. The number of hydrogen-bond acceptors (Lipinski definition) is 9. The van der Waals surface area contributed by atoms with E-state index in [2.05, 4.69) is 15.7 Å². The fourth-order valence-electron chi connectivity index (χ4n) is 7.57. The molecule has 51 heavy (non-hydrogen) atoms. The van der Waals surface area contributed by atoms with Crippen molar-refractivity contribution in [2.45, 2.75) is 100 Å². The third-order valence-corrected chi connectivity index (χ3v) is 10.5. The van der Waals surface area contributed by atoms with Gasteiger partial charge < -0.3 is 34.9 Å². The summed E-state index contributed by atoms with van der Waals surface area (Å²) in [5.41, 5.74) is -0.844. The highest BCUT2D eigenvalue weighted by atomic mass is 16.6. The van der Waals surface area contributed by atoms with Gasteiger partial charge in [-0.2, -0.15) is 5.10 Å². The Morgan fingerprint density at radius 3 is 2.65 bits per heavy atom. The fraction of sp³-hybridized carbons (Fsp3) is 0.514. The van der Waals surface area contributed by atoms with Crippen molar-refractivity contribution in [3.8, 4) is 17.3 Å². The van der Waals surface area contributed by atoms with Crippen LogP contribution in [-0.4, -0.2) is 92.1 Å². The Labute approximate surface area is 295 Å². The number of methoxy groups -OCH3 is 1. The second kappa shape index (κ2) is 14.6. The molecule has 2 aliphatic carbocycles. The molecule has 0 radical (unpaired) electrons. The summed E-state index contributed by atoms with van der Waals surface area (Å²) >= 11 is 0. The molecule has 2 aromatic heterocycles. The largest absolute Gasteiger partial charge is 0.497 e. The predicted octanol–water partition coefficient (Wildman–Crippen LogP) is 4.29. The van der Waals surface area contributed by atoms with Crippen LogP contribution in [0.1, 0.15) is 70.6 Å². The molecule has 4 heterocycles. The minimum atomic E-state index is -1.44. The number of ether oxygens (including phenoxy) is 3. The van der Waals surface area contributed by atoms with Gasteiger partial charge in [-0.05, 0) is 69.6 Å². The topological polar surface area (TPSA) is 174 Å². The van der Waals surface area contributed by atoms with Crippen LogP contribution in [0.25, 0.3) is 16.7 Å². The summed E-state index contributed by atoms with van der Waals surface area (Å²) in [7, 11) is 1.57. The molecule has 270 valence electrons. The molecule has 3 fully saturated rings. The minimum absolute atomic E-state index is 0.0350. The number of allylic oxidation sites excluding steroid dienone is 1. The Bertz CT molecular complexity index is 1810. The SMILES string of the molecule is COc1ccc2c(O[C@@H]3C[C@H]4C(=O)NC5(C(=O)O)CC5/C=C\CCCCC[C@H](NC(=O)OC5CCCC5)C(=O)N4C3)cc(-n3cccn3)nc2c1. The van der Waals surface area contributed by atoms with E-state index in [0.29, 0.717) is 41.1 Å². The summed E-state index contributed by atoms with van der Waals surface area (Å²) in [4.78, 5) is 60.3. The lowest BCUT2D eigenvalue weighted by atomic mass is 10.0. The van der Waals surface area contributed by atoms with E-state index in [1.54, 1.807) is 48.5 Å². The molecule has 14 nitrogen and oxygen atoms in total. The van der Waals surface area contributed by atoms with Crippen LogP contribution in [0.2, 0.25) is 0 Å². The number of carboxylic acid groups (broad SMARTS) is 1. The van der Waals surface area contributed by atoms with Crippen LogP contribution in [0.15, 0.2) is 54.9 Å². The zero-order chi connectivity index (χ0) is 35.5. The number of rotatable bonds is 7. The molecule has 1 aromatic carbocycles. The maximum Gasteiger partial charge on any atom is 0.408 e. The van der Waals surface area contributed by atoms with E-state index < -0.39 is 47.6 Å². The van der Waals surface area contributed by atoms with E-state index >= 15 is 0 Å². The third kappa shape index (κ3) is 7.35. The van der Waals surface area contributed by atoms with Crippen LogP contribution in [0.5, 0.6) is 11.5 Å². The number of aliphatic carboxylic acids is 1. The summed E-state index contributed by atoms with van der Waals surface area (Å²) in [6, 6.07) is 6.98. The van der Waals surface area contributed by atoms with Crippen molar-refractivity contribution in [2.24, 2.45) is 5.92 Å². The molecule has 7 rings (SSSR count). The Balaban J connectivity index is 1.20. The van der Waals surface area contributed by atoms with Gasteiger partial charge in [-0.15, -0.1) is 0 Å². The molecule has 3 N–H and O–H groups in total. The van der Waals surface area contributed by atoms with Gasteiger partial charge in [-0.1, -0.05) is 25.0 Å². The molecular formula is C37H44N6O8. The first-order valence-corrected chi connectivity index (χ1v) is 17.9. The highest BCUT2D eigenvalue weighted by molar-refractivity contribution is 5.96. The molecule has 5 atom stereocenters. The maximum atomic E-state index is 14.4. The van der Waals surface area contributed by atoms with Crippen molar-refractivity contribution in [3.05, 3.63) is 54.9 Å². The van der Waals surface area contributed by atoms with Gasteiger partial charge in [-0.25, -0.2) is 19.3 Å². The van der Waals surface area contributed by atoms with Gasteiger partial charge in [0.2, 0.25) is 11.8 Å². The van der Waals surface area contributed by atoms with Gasteiger partial charge in [0.05, 0.1) is 19.2 Å². The van der Waals surface area contributed by atoms with Crippen molar-refractivity contribution in [3.63, 3.8) is 0 Å². The maximum absolute atomic E-state index is 14.4. The quantitative estimate of drug-likeness (QED) is 0.302. The number of aromatic nitrogens is 3. The Kier molecular flexibility index (Phi) is 9.83. The van der Waals surface area contributed by atoms with E-state index in [1.807, 2.05) is 18.2 Å². The first-order chi connectivity index (χ1) is 24.7. The van der Waals surface area contributed by atoms with Crippen LogP contribution in [0.4, 0.5) is 4.79 Å². The van der Waals surface area contributed by atoms with Crippen LogP contribution in [0.3, 0.4) is 0 Å². The summed E-state index contributed by atoms with van der Waals surface area (Å²) in [6.07, 6.45) is 13.1. The fourth-order valence-corrected chi connectivity index (χ4v) is 7.57. The average molecular weight is 701 g/mol. The average Bonchev–Trinajstić information content (AvgIpc) is 3.61. The number of fused-ring (bicyclic) bond motifs is 3. The van der Waals surface area contributed by atoms with Gasteiger partial charge in [-0.3, -0.25) is 9.59 Å². The smallest absolute Gasteiger partial charge is 0.408 e. The minimum Gasteiger partial charge on any atom is -0.497 e. The summed E-state index contributed by atoms with van der Waals surface area (Å²) in [5.74, 6) is -0.887. The normalized spacial score (nSPS) is 27.7. The number of amides is 3. The van der Waals surface area contributed by atoms with Crippen LogP contribution in [0, 0.1) is 5.92 Å². The lowest BCUT2D eigenvalue weighted by Crippen LogP contribution is -2.56. The van der Waals surface area contributed by atoms with Crippen LogP contribution >= 0.6 is 0 Å². The van der Waals surface area contributed by atoms with E-state index in [-0.39, 0.29) is 31.4 Å². The van der Waals surface area contributed by atoms with E-state index in [0.717, 1.165) is 44.9 Å². The number of nitrogens with zero attached hydrogens (tertiary/aromatic N) is 4. The second-order valence-electron chi connectivity index (χ2n) is 13.9. The second-order valence-corrected chi connectivity index (χ2v) is 13.9. The Hall–Kier alpha value is -5.14. The number of benzene rings is 1. The summed E-state index contributed by atoms with van der Waals surface area (Å²) in [6.45, 7) is 0.0350. The van der Waals surface area contributed by atoms with Gasteiger partial charge >= 0.3 is 12.1 Å². The molecule has 2 aliphatic heterocycles. The van der Waals surface area contributed by atoms with Crippen molar-refractivity contribution >= 4 is 34.8 Å². The van der Waals surface area contributed by atoms with Crippen molar-refractivity contribution in [1.29, 1.82) is 0 Å². The first kappa shape index (κ1) is 34.3. The number of carbonyl (C=O) groups is 4. The molecule has 4 aliphatic rings. The Morgan fingerprint density at radius 2 is 1.88 bits per heavy atom. The summed E-state index contributed by atoms with van der Waals surface area (Å²) < 4.78 is 19.3. The first-order valence-electron chi connectivity index (χ1n) is 17.9. The standard InChI is InChI=1S/C37H44N6O8/c1-49-25-14-15-27-29(18-25)39-32(43-17-9-16-38-43)20-31(27)50-26-19-30-33(44)41-37(35(46)47)21-23(37)10-5-3-2-4-6-13-28(34(45)42(30)22-26)40-36(48)51-24-11-7-8-12-24/h5,9-10,14-18,20,23-24,26,28,30H,2-4,6-8,11-13,19,21-22H2,1H3,(H,40,48)(H,41,44)(H,46,47)/b10-5-/t23?,26-,28+,30+,37?/m1/s1. The highest BCUT2D eigenvalue weighted by Crippen LogP contribution is 2.45. The van der Waals surface area contributed by atoms with Crippen LogP contribution in [-0.2, 0) is 19.1 Å². The van der Waals surface area contributed by atoms with Crippen LogP contribution < -0.4 is 20.1 Å². The molecule has 2 saturated carbocycles. The number of carbonyl (C=O) groups excluding carboxylic acids is 3. The Morgan fingerprint density at radius 1 is 1.06 bits per heavy atom. The highest BCUT2D eigenvalue weighted by Gasteiger charge is 2.61. The van der Waals surface area contributed by atoms with Gasteiger partial charge in [0.25, 0.3) is 0 Å². The number of alkyl carbamates (subject to hydrolysis) is 1. The molecule has 2 unspecified atom stereocenters. The van der Waals surface area contributed by atoms with E-state index in [4.69, 9.17) is 19.2 Å². The number of hydrogen-bond donors (Lipinski definition) is 3. The molecule has 14 heteroatoms. The van der Waals surface area contributed by atoms with Gasteiger partial charge in [0.1, 0.15) is 41.3 Å². The summed E-state index contributed by atoms with van der Waals surface area (Å²) in [5, 5.41) is 20.8. The monoisotopic (exact) mass is 700 g/mol. The molecule has 0 bridgehead atoms. The molecule has 0 spiro atoms. The number of nitrogens with one attached hydrogen (secondary N) is 2. The number of carboxylic acids is 1. The van der Waals surface area contributed by atoms with E-state index in [9.17, 15) is 24.3 Å².